The Morgan fingerprint density at radius 2 is 0.854 bits per heavy atom. The van der Waals surface area contributed by atoms with Crippen LogP contribution in [0.1, 0.15) is 123 Å². The minimum atomic E-state index is 0. The van der Waals surface area contributed by atoms with Crippen LogP contribution in [0.2, 0.25) is 0 Å². The van der Waals surface area contributed by atoms with Crippen molar-refractivity contribution in [3.63, 3.8) is 0 Å². The van der Waals surface area contributed by atoms with E-state index in [1.165, 1.54) is 97.0 Å². The number of aromatic hydroxyl groups is 2. The third kappa shape index (κ3) is 14.8. The van der Waals surface area contributed by atoms with E-state index in [0.29, 0.717) is 11.5 Å². The van der Waals surface area contributed by atoms with Gasteiger partial charge in [-0.3, -0.25) is 0 Å². The molecule has 0 aromatic heterocycles. The Kier molecular flexibility index (Phi) is 20.2. The Balaban J connectivity index is 0.000000596. The zero-order valence-electron chi connectivity index (χ0n) is 32.3. The first kappa shape index (κ1) is 45.8. The van der Waals surface area contributed by atoms with Crippen LogP contribution in [0.4, 0.5) is 0 Å². The van der Waals surface area contributed by atoms with Crippen molar-refractivity contribution >= 4 is 6.88 Å². The summed E-state index contributed by atoms with van der Waals surface area (Å²) in [7, 11) is 0. The number of rotatable bonds is 0. The fourth-order valence-corrected chi connectivity index (χ4v) is 6.25. The van der Waals surface area contributed by atoms with E-state index < -0.39 is 0 Å². The second-order valence-corrected chi connectivity index (χ2v) is 15.1. The summed E-state index contributed by atoms with van der Waals surface area (Å²) in [5, 5.41) is 19.1. The molecule has 0 heterocycles. The molecule has 4 aromatic rings. The fourth-order valence-electron chi connectivity index (χ4n) is 6.25. The van der Waals surface area contributed by atoms with Crippen LogP contribution in [-0.4, -0.2) is 17.1 Å². The predicted molar refractivity (Wildman–Crippen MR) is 208 cm³/mol. The number of phenolic OH excluding ortho intramolecular Hbond substituents is 2. The van der Waals surface area contributed by atoms with Crippen molar-refractivity contribution in [1.82, 2.24) is 0 Å². The third-order valence-electron chi connectivity index (χ3n) is 8.64. The molecule has 2 aliphatic rings. The number of hydrogen-bond donors (Lipinski definition) is 2. The third-order valence-corrected chi connectivity index (χ3v) is 8.64. The van der Waals surface area contributed by atoms with Gasteiger partial charge in [-0.1, -0.05) is 142 Å². The zero-order valence-corrected chi connectivity index (χ0v) is 35.8. The van der Waals surface area contributed by atoms with Crippen molar-refractivity contribution in [3.8, 4) is 11.5 Å². The summed E-state index contributed by atoms with van der Waals surface area (Å²) in [6.07, 6.45) is 10.9. The van der Waals surface area contributed by atoms with Gasteiger partial charge in [0.05, 0.1) is 0 Å². The first-order valence-electron chi connectivity index (χ1n) is 16.9. The van der Waals surface area contributed by atoms with Crippen LogP contribution in [0.25, 0.3) is 0 Å². The van der Waals surface area contributed by atoms with Gasteiger partial charge in [0, 0.05) is 0 Å². The molecular weight excluding hydrogens is 680 g/mol. The second-order valence-electron chi connectivity index (χ2n) is 15.1. The van der Waals surface area contributed by atoms with Gasteiger partial charge in [0.25, 0.3) is 0 Å². The molecule has 2 nitrogen and oxygen atoms in total. The first-order valence-corrected chi connectivity index (χ1v) is 21.1. The van der Waals surface area contributed by atoms with Crippen molar-refractivity contribution in [2.75, 3.05) is 0 Å². The summed E-state index contributed by atoms with van der Waals surface area (Å²) >= 11 is 1.36. The molecule has 0 aliphatic heterocycles. The molecule has 0 amide bonds. The van der Waals surface area contributed by atoms with Gasteiger partial charge in [-0.2, -0.15) is 45.5 Å². The molecule has 48 heavy (non-hydrogen) atoms. The van der Waals surface area contributed by atoms with Gasteiger partial charge in [-0.15, -0.1) is 0 Å². The van der Waals surface area contributed by atoms with Gasteiger partial charge in [0.15, 0.2) is 0 Å². The van der Waals surface area contributed by atoms with E-state index in [1.807, 2.05) is 38.1 Å². The van der Waals surface area contributed by atoms with Gasteiger partial charge >= 0.3 is 30.2 Å². The summed E-state index contributed by atoms with van der Waals surface area (Å²) < 4.78 is 0. The average molecular weight is 744 g/mol. The van der Waals surface area contributed by atoms with Crippen molar-refractivity contribution in [2.24, 2.45) is 0 Å². The number of benzene rings is 2. The topological polar surface area (TPSA) is 40.5 Å². The minimum absolute atomic E-state index is 0. The predicted octanol–water partition coefficient (Wildman–Crippen LogP) is 11.7. The summed E-state index contributed by atoms with van der Waals surface area (Å²) in [6, 6.07) is 20.8. The number of phenols is 2. The number of aryl methyl sites for hydroxylation is 8. The summed E-state index contributed by atoms with van der Waals surface area (Å²) in [5.41, 5.74) is 13.8. The quantitative estimate of drug-likeness (QED) is 0.139. The van der Waals surface area contributed by atoms with Crippen molar-refractivity contribution in [1.29, 1.82) is 0 Å². The average Bonchev–Trinajstić information content (AvgIpc) is 3.57. The molecule has 0 saturated carbocycles. The Hall–Kier alpha value is -2.16. The van der Waals surface area contributed by atoms with Crippen LogP contribution < -0.4 is 0 Å². The molecular formula is C44H64O2SiZr-4. The summed E-state index contributed by atoms with van der Waals surface area (Å²) in [4.78, 5) is 0. The van der Waals surface area contributed by atoms with E-state index >= 15 is 0 Å². The summed E-state index contributed by atoms with van der Waals surface area (Å²) in [6.45, 7) is 24.1. The SMILES string of the molecule is Cc1cc2c([cH-]1)CCCC2.Cc1cc2c([cH-]1)CCCC2.Cc1ccc(O)c(C(C)(C)C)c1.Cc1ccc(O)c(C(C)(C)C)c1.[CH3-].[CH3-].[Si]=[Zr]. The van der Waals surface area contributed by atoms with Crippen LogP contribution in [0.5, 0.6) is 11.5 Å². The molecule has 4 heteroatoms. The van der Waals surface area contributed by atoms with Gasteiger partial charge in [-0.25, -0.2) is 12.1 Å². The van der Waals surface area contributed by atoms with Crippen molar-refractivity contribution in [3.05, 3.63) is 131 Å². The molecule has 2 radical (unpaired) electrons. The number of fused-ring (bicyclic) bond motifs is 2. The monoisotopic (exact) mass is 742 g/mol. The first-order chi connectivity index (χ1) is 21.5. The van der Waals surface area contributed by atoms with E-state index in [9.17, 15) is 10.2 Å². The molecule has 2 N–H and O–H groups in total. The molecule has 0 spiro atoms. The molecule has 0 unspecified atom stereocenters. The van der Waals surface area contributed by atoms with Crippen LogP contribution in [0.15, 0.2) is 60.7 Å². The Morgan fingerprint density at radius 1 is 0.542 bits per heavy atom. The fraction of sp³-hybridized carbons (Fsp3) is 0.455. The van der Waals surface area contributed by atoms with Gasteiger partial charge < -0.3 is 25.1 Å². The van der Waals surface area contributed by atoms with E-state index in [1.54, 1.807) is 34.4 Å². The van der Waals surface area contributed by atoms with Crippen LogP contribution in [0, 0.1) is 42.5 Å². The molecule has 0 atom stereocenters. The van der Waals surface area contributed by atoms with Gasteiger partial charge in [0.1, 0.15) is 11.5 Å². The van der Waals surface area contributed by atoms with Crippen LogP contribution in [0.3, 0.4) is 0 Å². The molecule has 0 saturated heterocycles. The normalized spacial score (nSPS) is 12.9. The van der Waals surface area contributed by atoms with Crippen LogP contribution >= 0.6 is 0 Å². The molecule has 0 fully saturated rings. The molecule has 2 aliphatic carbocycles. The summed E-state index contributed by atoms with van der Waals surface area (Å²) in [5.74, 6) is 0.793. The maximum atomic E-state index is 9.57. The van der Waals surface area contributed by atoms with Crippen molar-refractivity contribution in [2.45, 2.75) is 131 Å². The second kappa shape index (κ2) is 21.1. The molecule has 0 bridgehead atoms. The Morgan fingerprint density at radius 3 is 1.12 bits per heavy atom. The number of hydrogen-bond acceptors (Lipinski definition) is 2. The Bertz CT molecular complexity index is 1350. The zero-order chi connectivity index (χ0) is 34.7. The van der Waals surface area contributed by atoms with Crippen molar-refractivity contribution < 1.29 is 33.5 Å². The van der Waals surface area contributed by atoms with Gasteiger partial charge in [0.2, 0.25) is 0 Å². The maximum absolute atomic E-state index is 9.57. The standard InChI is InChI=1S/2C11H16O.2C10H13.2CH3.Si.Zr/c2*1-8-5-6-10(12)9(7-8)11(2,3)4;2*1-8-6-9-4-2-3-5-10(9)7-8;;;;/h2*5-7,12H,1-4H3;2*6-7H,2-5H2,1H3;2*1H3;;/q;;4*-1;;. The molecule has 6 rings (SSSR count). The van der Waals surface area contributed by atoms with Crippen LogP contribution in [-0.2, 0) is 59.8 Å². The molecule has 264 valence electrons. The van der Waals surface area contributed by atoms with E-state index in [0.717, 1.165) is 11.1 Å². The van der Waals surface area contributed by atoms with Gasteiger partial charge in [-0.05, 0) is 47.9 Å². The van der Waals surface area contributed by atoms with E-state index in [4.69, 9.17) is 0 Å². The van der Waals surface area contributed by atoms with E-state index in [-0.39, 0.29) is 25.7 Å². The Labute approximate surface area is 312 Å². The molecule has 4 aromatic carbocycles. The van der Waals surface area contributed by atoms with E-state index in [2.05, 4.69) is 86.5 Å².